The molecule has 1 unspecified atom stereocenters. The van der Waals surface area contributed by atoms with E-state index in [0.29, 0.717) is 5.75 Å². The molecule has 0 saturated carbocycles. The summed E-state index contributed by atoms with van der Waals surface area (Å²) in [5, 5.41) is 2.14. The lowest BCUT2D eigenvalue weighted by molar-refractivity contribution is -0.136. The van der Waals surface area contributed by atoms with E-state index in [2.05, 4.69) is 11.2 Å². The lowest BCUT2D eigenvalue weighted by Crippen LogP contribution is -2.54. The van der Waals surface area contributed by atoms with Crippen molar-refractivity contribution in [1.29, 1.82) is 0 Å². The Morgan fingerprint density at radius 1 is 1.22 bits per heavy atom. The van der Waals surface area contributed by atoms with Crippen LogP contribution in [0.25, 0.3) is 0 Å². The molecule has 1 atom stereocenters. The molecule has 0 radical (unpaired) electrons. The summed E-state index contributed by atoms with van der Waals surface area (Å²) in [6.07, 6.45) is 5.31. The van der Waals surface area contributed by atoms with Crippen molar-refractivity contribution in [3.8, 4) is 18.1 Å². The number of carbonyl (C=O) groups excluding carboxylic acids is 4. The number of nitrogens with zero attached hydrogens (tertiary/aromatic N) is 1. The monoisotopic (exact) mass is 312 g/mol. The Kier molecular flexibility index (Phi) is 3.58. The third-order valence-electron chi connectivity index (χ3n) is 3.73. The molecular formula is C16H12N2O5. The maximum Gasteiger partial charge on any atom is 0.262 e. The van der Waals surface area contributed by atoms with Crippen LogP contribution in [0.4, 0.5) is 0 Å². The zero-order chi connectivity index (χ0) is 16.6. The van der Waals surface area contributed by atoms with Crippen LogP contribution in [0.3, 0.4) is 0 Å². The molecule has 4 amide bonds. The SMILES string of the molecule is C#CCOc1ccc2c(c1)C(=O)N(C1CCC(=O)NC1=O)C2=O. The summed E-state index contributed by atoms with van der Waals surface area (Å²) < 4.78 is 5.24. The van der Waals surface area contributed by atoms with Gasteiger partial charge in [0, 0.05) is 6.42 Å². The Hall–Kier alpha value is -3.14. The molecule has 1 N–H and O–H groups in total. The Morgan fingerprint density at radius 2 is 1.96 bits per heavy atom. The van der Waals surface area contributed by atoms with Gasteiger partial charge in [-0.3, -0.25) is 29.4 Å². The Balaban J connectivity index is 1.90. The molecule has 0 spiro atoms. The third kappa shape index (κ3) is 2.44. The fraction of sp³-hybridized carbons (Fsp3) is 0.250. The van der Waals surface area contributed by atoms with Crippen LogP contribution in [0.5, 0.6) is 5.75 Å². The van der Waals surface area contributed by atoms with Crippen molar-refractivity contribution in [1.82, 2.24) is 10.2 Å². The molecule has 1 fully saturated rings. The van der Waals surface area contributed by atoms with Crippen LogP contribution >= 0.6 is 0 Å². The summed E-state index contributed by atoms with van der Waals surface area (Å²) in [4.78, 5) is 49.0. The largest absolute Gasteiger partial charge is 0.481 e. The normalized spacial score (nSPS) is 20.1. The van der Waals surface area contributed by atoms with Crippen molar-refractivity contribution < 1.29 is 23.9 Å². The zero-order valence-corrected chi connectivity index (χ0v) is 12.0. The number of benzene rings is 1. The van der Waals surface area contributed by atoms with Gasteiger partial charge < -0.3 is 4.74 Å². The molecule has 23 heavy (non-hydrogen) atoms. The van der Waals surface area contributed by atoms with Gasteiger partial charge in [0.15, 0.2) is 0 Å². The number of carbonyl (C=O) groups is 4. The first-order chi connectivity index (χ1) is 11.0. The van der Waals surface area contributed by atoms with Gasteiger partial charge in [-0.1, -0.05) is 5.92 Å². The molecule has 7 nitrogen and oxygen atoms in total. The predicted octanol–water partition coefficient (Wildman–Crippen LogP) is 0.0998. The van der Waals surface area contributed by atoms with Crippen LogP contribution in [0.1, 0.15) is 33.6 Å². The Labute approximate surface area is 131 Å². The number of hydrogen-bond donors (Lipinski definition) is 1. The quantitative estimate of drug-likeness (QED) is 0.631. The van der Waals surface area contributed by atoms with Gasteiger partial charge in [-0.15, -0.1) is 6.42 Å². The number of hydrogen-bond acceptors (Lipinski definition) is 5. The van der Waals surface area contributed by atoms with E-state index >= 15 is 0 Å². The lowest BCUT2D eigenvalue weighted by Gasteiger charge is -2.27. The second kappa shape index (κ2) is 5.57. The molecular weight excluding hydrogens is 300 g/mol. The van der Waals surface area contributed by atoms with Gasteiger partial charge in [-0.05, 0) is 24.6 Å². The van der Waals surface area contributed by atoms with Gasteiger partial charge in [0.25, 0.3) is 11.8 Å². The summed E-state index contributed by atoms with van der Waals surface area (Å²) in [6, 6.07) is 3.46. The van der Waals surface area contributed by atoms with E-state index < -0.39 is 29.7 Å². The summed E-state index contributed by atoms with van der Waals surface area (Å²) in [7, 11) is 0. The second-order valence-electron chi connectivity index (χ2n) is 5.15. The summed E-state index contributed by atoms with van der Waals surface area (Å²) >= 11 is 0. The van der Waals surface area contributed by atoms with Crippen molar-refractivity contribution in [2.45, 2.75) is 18.9 Å². The van der Waals surface area contributed by atoms with E-state index in [4.69, 9.17) is 11.2 Å². The molecule has 3 rings (SSSR count). The van der Waals surface area contributed by atoms with Crippen LogP contribution in [0, 0.1) is 12.3 Å². The highest BCUT2D eigenvalue weighted by Gasteiger charge is 2.44. The number of rotatable bonds is 3. The highest BCUT2D eigenvalue weighted by Crippen LogP contribution is 2.30. The van der Waals surface area contributed by atoms with Crippen LogP contribution in [0.2, 0.25) is 0 Å². The van der Waals surface area contributed by atoms with Crippen molar-refractivity contribution in [3.05, 3.63) is 29.3 Å². The predicted molar refractivity (Wildman–Crippen MR) is 77.4 cm³/mol. The van der Waals surface area contributed by atoms with E-state index in [1.807, 2.05) is 0 Å². The van der Waals surface area contributed by atoms with Gasteiger partial charge in [0.1, 0.15) is 18.4 Å². The van der Waals surface area contributed by atoms with Gasteiger partial charge in [0.2, 0.25) is 11.8 Å². The maximum absolute atomic E-state index is 12.5. The summed E-state index contributed by atoms with van der Waals surface area (Å²) in [5.41, 5.74) is 0.363. The third-order valence-corrected chi connectivity index (χ3v) is 3.73. The highest BCUT2D eigenvalue weighted by atomic mass is 16.5. The van der Waals surface area contributed by atoms with Crippen LogP contribution in [-0.2, 0) is 9.59 Å². The molecule has 2 aliphatic heterocycles. The molecule has 0 bridgehead atoms. The number of imide groups is 2. The summed E-state index contributed by atoms with van der Waals surface area (Å²) in [5.74, 6) is 0.494. The highest BCUT2D eigenvalue weighted by molar-refractivity contribution is 6.23. The topological polar surface area (TPSA) is 92.8 Å². The number of piperidine rings is 1. The molecule has 1 aromatic carbocycles. The molecule has 116 valence electrons. The van der Waals surface area contributed by atoms with Crippen molar-refractivity contribution in [2.24, 2.45) is 0 Å². The fourth-order valence-corrected chi connectivity index (χ4v) is 2.66. The molecule has 2 heterocycles. The molecule has 7 heteroatoms. The number of terminal acetylenes is 1. The summed E-state index contributed by atoms with van der Waals surface area (Å²) in [6.45, 7) is 0.0395. The number of nitrogens with one attached hydrogen (secondary N) is 1. The lowest BCUT2D eigenvalue weighted by atomic mass is 10.0. The maximum atomic E-state index is 12.5. The smallest absolute Gasteiger partial charge is 0.262 e. The molecule has 0 aliphatic carbocycles. The average molecular weight is 312 g/mol. The molecule has 2 aliphatic rings. The first-order valence-electron chi connectivity index (χ1n) is 6.95. The Bertz CT molecular complexity index is 777. The van der Waals surface area contributed by atoms with Gasteiger partial charge in [-0.2, -0.15) is 0 Å². The first-order valence-corrected chi connectivity index (χ1v) is 6.95. The molecule has 1 aromatic rings. The minimum Gasteiger partial charge on any atom is -0.481 e. The number of ether oxygens (including phenoxy) is 1. The van der Waals surface area contributed by atoms with Crippen molar-refractivity contribution in [3.63, 3.8) is 0 Å². The fourth-order valence-electron chi connectivity index (χ4n) is 2.66. The minimum atomic E-state index is -0.977. The van der Waals surface area contributed by atoms with Crippen molar-refractivity contribution in [2.75, 3.05) is 6.61 Å². The van der Waals surface area contributed by atoms with Crippen molar-refractivity contribution >= 4 is 23.6 Å². The first kappa shape index (κ1) is 14.8. The average Bonchev–Trinajstić information content (AvgIpc) is 2.77. The van der Waals surface area contributed by atoms with Crippen LogP contribution in [-0.4, -0.2) is 41.2 Å². The van der Waals surface area contributed by atoms with Gasteiger partial charge in [-0.25, -0.2) is 0 Å². The molecule has 1 saturated heterocycles. The van der Waals surface area contributed by atoms with Gasteiger partial charge >= 0.3 is 0 Å². The van der Waals surface area contributed by atoms with E-state index in [0.717, 1.165) is 4.90 Å². The van der Waals surface area contributed by atoms with Crippen LogP contribution < -0.4 is 10.1 Å². The zero-order valence-electron chi connectivity index (χ0n) is 12.0. The van der Waals surface area contributed by atoms with Gasteiger partial charge in [0.05, 0.1) is 11.1 Å². The molecule has 0 aromatic heterocycles. The van der Waals surface area contributed by atoms with E-state index in [9.17, 15) is 19.2 Å². The standard InChI is InChI=1S/C16H12N2O5/c1-2-7-23-9-3-4-10-11(8-9)16(22)18(15(10)21)12-5-6-13(19)17-14(12)20/h1,3-4,8,12H,5-7H2,(H,17,19,20). The Morgan fingerprint density at radius 3 is 2.65 bits per heavy atom. The van der Waals surface area contributed by atoms with E-state index in [1.54, 1.807) is 0 Å². The number of fused-ring (bicyclic) bond motifs is 1. The second-order valence-corrected chi connectivity index (χ2v) is 5.15. The number of amides is 4. The van der Waals surface area contributed by atoms with E-state index in [-0.39, 0.29) is 30.6 Å². The minimum absolute atomic E-state index is 0.0395. The van der Waals surface area contributed by atoms with Crippen LogP contribution in [0.15, 0.2) is 18.2 Å². The van der Waals surface area contributed by atoms with E-state index in [1.165, 1.54) is 18.2 Å².